The Bertz CT molecular complexity index is 1330. The van der Waals surface area contributed by atoms with Crippen molar-refractivity contribution in [1.29, 1.82) is 0 Å². The number of piperidine rings is 1. The second-order valence-corrected chi connectivity index (χ2v) is 10.8. The SMILES string of the molecule is O=C(Nc1ccc2c(c1)CN(C(=O)c1ccco1)CC2)c1ccc(S(=O)(=O)N2CCCCC2)cc1. The number of rotatable bonds is 5. The Morgan fingerprint density at radius 3 is 2.37 bits per heavy atom. The van der Waals surface area contributed by atoms with Gasteiger partial charge in [-0.2, -0.15) is 4.31 Å². The van der Waals surface area contributed by atoms with Crippen LogP contribution in [-0.4, -0.2) is 49.1 Å². The average molecular weight is 494 g/mol. The number of fused-ring (bicyclic) bond motifs is 1. The molecular formula is C26H27N3O5S. The number of hydrogen-bond acceptors (Lipinski definition) is 5. The predicted molar refractivity (Wildman–Crippen MR) is 131 cm³/mol. The lowest BCUT2D eigenvalue weighted by Gasteiger charge is -2.28. The van der Waals surface area contributed by atoms with Crippen molar-refractivity contribution in [3.05, 3.63) is 83.3 Å². The van der Waals surface area contributed by atoms with Crippen molar-refractivity contribution in [2.24, 2.45) is 0 Å². The van der Waals surface area contributed by atoms with Gasteiger partial charge in [-0.25, -0.2) is 8.42 Å². The Hall–Kier alpha value is -3.43. The van der Waals surface area contributed by atoms with E-state index in [1.165, 1.54) is 34.8 Å². The molecule has 3 aromatic rings. The van der Waals surface area contributed by atoms with E-state index in [0.717, 1.165) is 36.8 Å². The number of carbonyl (C=O) groups is 2. The van der Waals surface area contributed by atoms with Crippen molar-refractivity contribution in [3.63, 3.8) is 0 Å². The van der Waals surface area contributed by atoms with Gasteiger partial charge in [0.05, 0.1) is 11.2 Å². The molecule has 1 fully saturated rings. The van der Waals surface area contributed by atoms with Gasteiger partial charge in [0, 0.05) is 37.4 Å². The normalized spacial score (nSPS) is 16.5. The molecule has 0 bridgehead atoms. The second-order valence-electron chi connectivity index (χ2n) is 8.88. The minimum absolute atomic E-state index is 0.158. The van der Waals surface area contributed by atoms with Crippen molar-refractivity contribution in [3.8, 4) is 0 Å². The molecular weight excluding hydrogens is 466 g/mol. The molecule has 5 rings (SSSR count). The molecule has 1 saturated heterocycles. The van der Waals surface area contributed by atoms with E-state index < -0.39 is 10.0 Å². The quantitative estimate of drug-likeness (QED) is 0.581. The van der Waals surface area contributed by atoms with E-state index in [1.54, 1.807) is 17.0 Å². The van der Waals surface area contributed by atoms with Gasteiger partial charge < -0.3 is 14.6 Å². The lowest BCUT2D eigenvalue weighted by Crippen LogP contribution is -2.35. The summed E-state index contributed by atoms with van der Waals surface area (Å²) in [5.41, 5.74) is 3.09. The van der Waals surface area contributed by atoms with Crippen molar-refractivity contribution in [1.82, 2.24) is 9.21 Å². The first-order valence-electron chi connectivity index (χ1n) is 11.8. The highest BCUT2D eigenvalue weighted by Gasteiger charge is 2.26. The van der Waals surface area contributed by atoms with Crippen LogP contribution in [0.1, 0.15) is 51.3 Å². The Labute approximate surface area is 204 Å². The number of carbonyl (C=O) groups excluding carboxylic acids is 2. The summed E-state index contributed by atoms with van der Waals surface area (Å²) in [4.78, 5) is 27.4. The zero-order valence-corrected chi connectivity index (χ0v) is 20.1. The Morgan fingerprint density at radius 1 is 0.886 bits per heavy atom. The van der Waals surface area contributed by atoms with E-state index in [9.17, 15) is 18.0 Å². The molecule has 1 aromatic heterocycles. The number of anilines is 1. The zero-order chi connectivity index (χ0) is 24.4. The second kappa shape index (κ2) is 9.67. The third-order valence-corrected chi connectivity index (χ3v) is 8.48. The summed E-state index contributed by atoms with van der Waals surface area (Å²) in [7, 11) is -3.54. The highest BCUT2D eigenvalue weighted by molar-refractivity contribution is 7.89. The summed E-state index contributed by atoms with van der Waals surface area (Å²) in [6, 6.07) is 15.1. The summed E-state index contributed by atoms with van der Waals surface area (Å²) in [5, 5.41) is 2.88. The van der Waals surface area contributed by atoms with Crippen molar-refractivity contribution < 1.29 is 22.4 Å². The summed E-state index contributed by atoms with van der Waals surface area (Å²) < 4.78 is 32.4. The fraction of sp³-hybridized carbons (Fsp3) is 0.308. The van der Waals surface area contributed by atoms with Crippen LogP contribution in [0.3, 0.4) is 0 Å². The molecule has 0 aliphatic carbocycles. The molecule has 8 nitrogen and oxygen atoms in total. The van der Waals surface area contributed by atoms with Crippen molar-refractivity contribution in [2.45, 2.75) is 37.1 Å². The Balaban J connectivity index is 1.26. The number of benzene rings is 2. The molecule has 2 aliphatic heterocycles. The van der Waals surface area contributed by atoms with Gasteiger partial charge in [0.1, 0.15) is 0 Å². The first kappa shape index (κ1) is 23.3. The molecule has 0 radical (unpaired) electrons. The number of furan rings is 1. The van der Waals surface area contributed by atoms with Gasteiger partial charge in [-0.15, -0.1) is 0 Å². The highest BCUT2D eigenvalue weighted by Crippen LogP contribution is 2.25. The van der Waals surface area contributed by atoms with E-state index in [2.05, 4.69) is 5.32 Å². The molecule has 3 heterocycles. The number of amides is 2. The maximum atomic E-state index is 12.8. The lowest BCUT2D eigenvalue weighted by molar-refractivity contribution is 0.0702. The number of nitrogens with one attached hydrogen (secondary N) is 1. The lowest BCUT2D eigenvalue weighted by atomic mass is 9.98. The minimum atomic E-state index is -3.54. The van der Waals surface area contributed by atoms with Gasteiger partial charge >= 0.3 is 0 Å². The smallest absolute Gasteiger partial charge is 0.289 e. The van der Waals surface area contributed by atoms with Gasteiger partial charge in [-0.1, -0.05) is 12.5 Å². The predicted octanol–water partition coefficient (Wildman–Crippen LogP) is 3.91. The first-order chi connectivity index (χ1) is 16.9. The van der Waals surface area contributed by atoms with Gasteiger partial charge in [0.2, 0.25) is 10.0 Å². The van der Waals surface area contributed by atoms with Gasteiger partial charge in [-0.05, 0) is 78.9 Å². The third-order valence-electron chi connectivity index (χ3n) is 6.56. The van der Waals surface area contributed by atoms with Crippen LogP contribution in [0.25, 0.3) is 0 Å². The summed E-state index contributed by atoms with van der Waals surface area (Å²) in [6.45, 7) is 2.10. The largest absolute Gasteiger partial charge is 0.459 e. The number of hydrogen-bond donors (Lipinski definition) is 1. The van der Waals surface area contributed by atoms with Crippen molar-refractivity contribution >= 4 is 27.5 Å². The standard InChI is InChI=1S/C26H27N3O5S/c30-25(20-7-10-23(11-8-20)35(32,33)29-13-2-1-3-14-29)27-22-9-6-19-12-15-28(18-21(19)17-22)26(31)24-5-4-16-34-24/h4-11,16-17H,1-3,12-15,18H2,(H,27,30). The topological polar surface area (TPSA) is 99.9 Å². The minimum Gasteiger partial charge on any atom is -0.459 e. The molecule has 0 spiro atoms. The molecule has 1 N–H and O–H groups in total. The average Bonchev–Trinajstić information content (AvgIpc) is 3.43. The van der Waals surface area contributed by atoms with E-state index in [-0.39, 0.29) is 16.7 Å². The number of nitrogens with zero attached hydrogens (tertiary/aromatic N) is 2. The van der Waals surface area contributed by atoms with E-state index in [4.69, 9.17) is 4.42 Å². The van der Waals surface area contributed by atoms with Crippen LogP contribution in [0.2, 0.25) is 0 Å². The van der Waals surface area contributed by atoms with E-state index in [1.807, 2.05) is 18.2 Å². The summed E-state index contributed by atoms with van der Waals surface area (Å²) in [5.74, 6) is -0.176. The van der Waals surface area contributed by atoms with Crippen LogP contribution in [0.4, 0.5) is 5.69 Å². The van der Waals surface area contributed by atoms with Gasteiger partial charge in [0.15, 0.2) is 5.76 Å². The summed E-state index contributed by atoms with van der Waals surface area (Å²) in [6.07, 6.45) is 4.99. The van der Waals surface area contributed by atoms with E-state index >= 15 is 0 Å². The maximum absolute atomic E-state index is 12.8. The zero-order valence-electron chi connectivity index (χ0n) is 19.3. The first-order valence-corrected chi connectivity index (χ1v) is 13.2. The van der Waals surface area contributed by atoms with Crippen LogP contribution in [-0.2, 0) is 23.0 Å². The molecule has 9 heteroatoms. The Kier molecular flexibility index (Phi) is 6.44. The highest BCUT2D eigenvalue weighted by atomic mass is 32.2. The van der Waals surface area contributed by atoms with Crippen LogP contribution in [0.5, 0.6) is 0 Å². The van der Waals surface area contributed by atoms with Crippen LogP contribution < -0.4 is 5.32 Å². The van der Waals surface area contributed by atoms with Gasteiger partial charge in [-0.3, -0.25) is 9.59 Å². The molecule has 2 amide bonds. The summed E-state index contributed by atoms with van der Waals surface area (Å²) >= 11 is 0. The van der Waals surface area contributed by atoms with E-state index in [0.29, 0.717) is 43.2 Å². The number of sulfonamides is 1. The fourth-order valence-corrected chi connectivity index (χ4v) is 6.12. The van der Waals surface area contributed by atoms with Crippen LogP contribution in [0.15, 0.2) is 70.2 Å². The fourth-order valence-electron chi connectivity index (χ4n) is 4.60. The third kappa shape index (κ3) is 4.87. The van der Waals surface area contributed by atoms with Crippen LogP contribution in [0, 0.1) is 0 Å². The molecule has 35 heavy (non-hydrogen) atoms. The molecule has 2 aromatic carbocycles. The van der Waals surface area contributed by atoms with Gasteiger partial charge in [0.25, 0.3) is 11.8 Å². The maximum Gasteiger partial charge on any atom is 0.289 e. The van der Waals surface area contributed by atoms with Crippen LogP contribution >= 0.6 is 0 Å². The molecule has 0 unspecified atom stereocenters. The monoisotopic (exact) mass is 493 g/mol. The Morgan fingerprint density at radius 2 is 1.66 bits per heavy atom. The molecule has 0 saturated carbocycles. The molecule has 182 valence electrons. The molecule has 0 atom stereocenters. The van der Waals surface area contributed by atoms with Crippen molar-refractivity contribution in [2.75, 3.05) is 25.0 Å². The molecule has 2 aliphatic rings.